The van der Waals surface area contributed by atoms with Crippen molar-refractivity contribution in [1.29, 1.82) is 0 Å². The van der Waals surface area contributed by atoms with Crippen LogP contribution >= 0.6 is 0 Å². The molecule has 0 unspecified atom stereocenters. The summed E-state index contributed by atoms with van der Waals surface area (Å²) in [6, 6.07) is 22.0. The standard InChI is InChI=1S/C19H21N3/c1-21-15-20-12-19(21)13-22(14-19)18(16-8-4-2-5-9-16)17-10-6-3-7-11-17/h2-11,15,18H,12-14H2,1H3. The summed E-state index contributed by atoms with van der Waals surface area (Å²) in [5.41, 5.74) is 2.96. The predicted octanol–water partition coefficient (Wildman–Crippen LogP) is 2.80. The number of benzene rings is 2. The third kappa shape index (κ3) is 2.13. The first-order valence-electron chi connectivity index (χ1n) is 7.85. The van der Waals surface area contributed by atoms with Gasteiger partial charge in [-0.05, 0) is 11.1 Å². The van der Waals surface area contributed by atoms with Gasteiger partial charge in [-0.2, -0.15) is 0 Å². The fraction of sp³-hybridized carbons (Fsp3) is 0.316. The molecule has 3 heteroatoms. The summed E-state index contributed by atoms with van der Waals surface area (Å²) >= 11 is 0. The Bertz CT molecular complexity index is 620. The molecular weight excluding hydrogens is 270 g/mol. The number of aliphatic imine (C=N–C) groups is 1. The molecule has 4 rings (SSSR count). The highest BCUT2D eigenvalue weighted by Gasteiger charge is 2.50. The molecule has 0 aliphatic carbocycles. The molecule has 0 atom stereocenters. The monoisotopic (exact) mass is 291 g/mol. The average molecular weight is 291 g/mol. The SMILES string of the molecule is CN1C=NCC12CN(C(c1ccccc1)c1ccccc1)C2. The molecule has 22 heavy (non-hydrogen) atoms. The zero-order valence-corrected chi connectivity index (χ0v) is 12.9. The molecule has 0 bridgehead atoms. The van der Waals surface area contributed by atoms with Crippen LogP contribution in [-0.2, 0) is 0 Å². The smallest absolute Gasteiger partial charge is 0.0855 e. The maximum atomic E-state index is 4.45. The van der Waals surface area contributed by atoms with Crippen molar-refractivity contribution in [1.82, 2.24) is 9.80 Å². The normalized spacial score (nSPS) is 19.8. The fourth-order valence-corrected chi connectivity index (χ4v) is 3.67. The quantitative estimate of drug-likeness (QED) is 0.866. The zero-order valence-electron chi connectivity index (χ0n) is 12.9. The van der Waals surface area contributed by atoms with Gasteiger partial charge < -0.3 is 4.90 Å². The summed E-state index contributed by atoms with van der Waals surface area (Å²) in [5, 5.41) is 0. The summed E-state index contributed by atoms with van der Waals surface area (Å²) in [6.07, 6.45) is 1.98. The van der Waals surface area contributed by atoms with Crippen LogP contribution in [0, 0.1) is 0 Å². The molecule has 0 saturated carbocycles. The van der Waals surface area contributed by atoms with Gasteiger partial charge in [0.1, 0.15) is 0 Å². The second kappa shape index (κ2) is 5.25. The van der Waals surface area contributed by atoms with Crippen LogP contribution in [0.15, 0.2) is 65.7 Å². The zero-order chi connectivity index (χ0) is 15.0. The fourth-order valence-electron chi connectivity index (χ4n) is 3.67. The van der Waals surface area contributed by atoms with Crippen LogP contribution in [0.5, 0.6) is 0 Å². The van der Waals surface area contributed by atoms with Crippen LogP contribution < -0.4 is 0 Å². The van der Waals surface area contributed by atoms with Crippen molar-refractivity contribution in [3.63, 3.8) is 0 Å². The molecule has 2 heterocycles. The molecule has 1 saturated heterocycles. The molecule has 2 aliphatic rings. The van der Waals surface area contributed by atoms with Crippen molar-refractivity contribution in [3.8, 4) is 0 Å². The topological polar surface area (TPSA) is 18.8 Å². The van der Waals surface area contributed by atoms with Gasteiger partial charge in [-0.15, -0.1) is 0 Å². The van der Waals surface area contributed by atoms with Gasteiger partial charge in [-0.1, -0.05) is 60.7 Å². The lowest BCUT2D eigenvalue weighted by Crippen LogP contribution is -2.69. The van der Waals surface area contributed by atoms with E-state index in [2.05, 4.69) is 82.5 Å². The molecule has 0 radical (unpaired) electrons. The van der Waals surface area contributed by atoms with Gasteiger partial charge in [0.05, 0.1) is 24.5 Å². The van der Waals surface area contributed by atoms with Crippen molar-refractivity contribution in [2.75, 3.05) is 26.7 Å². The Hall–Kier alpha value is -2.13. The van der Waals surface area contributed by atoms with Crippen LogP contribution in [0.3, 0.4) is 0 Å². The Morgan fingerprint density at radius 2 is 1.45 bits per heavy atom. The number of likely N-dealkylation sites (N-methyl/N-ethyl adjacent to an activating group) is 1. The molecule has 2 aliphatic heterocycles. The average Bonchev–Trinajstić information content (AvgIpc) is 2.91. The van der Waals surface area contributed by atoms with Crippen LogP contribution in [0.25, 0.3) is 0 Å². The summed E-state index contributed by atoms with van der Waals surface area (Å²) in [4.78, 5) is 9.31. The summed E-state index contributed by atoms with van der Waals surface area (Å²) < 4.78 is 0. The molecule has 0 aromatic heterocycles. The van der Waals surface area contributed by atoms with E-state index in [9.17, 15) is 0 Å². The number of likely N-dealkylation sites (tertiary alicyclic amines) is 1. The highest BCUT2D eigenvalue weighted by molar-refractivity contribution is 5.60. The Kier molecular flexibility index (Phi) is 3.23. The minimum Gasteiger partial charge on any atom is -0.356 e. The van der Waals surface area contributed by atoms with Gasteiger partial charge in [0, 0.05) is 20.1 Å². The Balaban J connectivity index is 1.63. The molecule has 1 fully saturated rings. The minimum atomic E-state index is 0.224. The van der Waals surface area contributed by atoms with Gasteiger partial charge >= 0.3 is 0 Å². The molecule has 2 aromatic carbocycles. The number of nitrogens with zero attached hydrogens (tertiary/aromatic N) is 3. The summed E-state index contributed by atoms with van der Waals surface area (Å²) in [5.74, 6) is 0. The van der Waals surface area contributed by atoms with Crippen LogP contribution in [0.1, 0.15) is 17.2 Å². The number of rotatable bonds is 3. The van der Waals surface area contributed by atoms with E-state index in [1.54, 1.807) is 0 Å². The number of hydrogen-bond acceptors (Lipinski definition) is 3. The molecule has 3 nitrogen and oxygen atoms in total. The van der Waals surface area contributed by atoms with E-state index in [4.69, 9.17) is 0 Å². The van der Waals surface area contributed by atoms with Gasteiger partial charge in [0.15, 0.2) is 0 Å². The highest BCUT2D eigenvalue weighted by Crippen LogP contribution is 2.39. The largest absolute Gasteiger partial charge is 0.356 e. The minimum absolute atomic E-state index is 0.224. The summed E-state index contributed by atoms with van der Waals surface area (Å²) in [6.45, 7) is 3.06. The van der Waals surface area contributed by atoms with Crippen molar-refractivity contribution < 1.29 is 0 Å². The lowest BCUT2D eigenvalue weighted by molar-refractivity contribution is -0.0108. The lowest BCUT2D eigenvalue weighted by Gasteiger charge is -2.54. The van der Waals surface area contributed by atoms with Gasteiger partial charge in [0.25, 0.3) is 0 Å². The molecule has 0 N–H and O–H groups in total. The van der Waals surface area contributed by atoms with E-state index in [-0.39, 0.29) is 5.54 Å². The Morgan fingerprint density at radius 3 is 1.91 bits per heavy atom. The first-order valence-corrected chi connectivity index (χ1v) is 7.85. The lowest BCUT2D eigenvalue weighted by atomic mass is 9.84. The third-order valence-corrected chi connectivity index (χ3v) is 4.98. The molecule has 0 amide bonds. The van der Waals surface area contributed by atoms with Gasteiger partial charge in [0.2, 0.25) is 0 Å². The molecule has 112 valence electrons. The van der Waals surface area contributed by atoms with E-state index >= 15 is 0 Å². The number of hydrogen-bond donors (Lipinski definition) is 0. The van der Waals surface area contributed by atoms with E-state index < -0.39 is 0 Å². The van der Waals surface area contributed by atoms with Crippen LogP contribution in [0.2, 0.25) is 0 Å². The first-order chi connectivity index (χ1) is 10.8. The Labute approximate surface area is 131 Å². The van der Waals surface area contributed by atoms with Crippen molar-refractivity contribution in [2.24, 2.45) is 4.99 Å². The van der Waals surface area contributed by atoms with Gasteiger partial charge in [-0.25, -0.2) is 0 Å². The van der Waals surface area contributed by atoms with Crippen molar-refractivity contribution in [3.05, 3.63) is 71.8 Å². The summed E-state index contributed by atoms with van der Waals surface area (Å²) in [7, 11) is 2.15. The second-order valence-corrected chi connectivity index (χ2v) is 6.42. The Morgan fingerprint density at radius 1 is 0.909 bits per heavy atom. The third-order valence-electron chi connectivity index (χ3n) is 4.98. The van der Waals surface area contributed by atoms with Crippen LogP contribution in [0.4, 0.5) is 0 Å². The van der Waals surface area contributed by atoms with Crippen molar-refractivity contribution in [2.45, 2.75) is 11.6 Å². The van der Waals surface area contributed by atoms with E-state index in [1.165, 1.54) is 11.1 Å². The van der Waals surface area contributed by atoms with Crippen molar-refractivity contribution >= 4 is 6.34 Å². The van der Waals surface area contributed by atoms with E-state index in [0.29, 0.717) is 6.04 Å². The maximum absolute atomic E-state index is 4.45. The molecule has 1 spiro atoms. The highest BCUT2D eigenvalue weighted by atomic mass is 15.4. The van der Waals surface area contributed by atoms with E-state index in [0.717, 1.165) is 19.6 Å². The maximum Gasteiger partial charge on any atom is 0.0855 e. The molecule has 2 aromatic rings. The second-order valence-electron chi connectivity index (χ2n) is 6.42. The van der Waals surface area contributed by atoms with Crippen LogP contribution in [-0.4, -0.2) is 48.4 Å². The van der Waals surface area contributed by atoms with Gasteiger partial charge in [-0.3, -0.25) is 9.89 Å². The molecular formula is C19H21N3. The predicted molar refractivity (Wildman–Crippen MR) is 90.2 cm³/mol. The van der Waals surface area contributed by atoms with E-state index in [1.807, 2.05) is 6.34 Å². The first kappa shape index (κ1) is 13.5.